The van der Waals surface area contributed by atoms with E-state index in [1.165, 1.54) is 87.6 Å². The molecule has 8 rings (SSSR count). The van der Waals surface area contributed by atoms with Crippen molar-refractivity contribution >= 4 is 43.1 Å². The Morgan fingerprint density at radius 3 is 1.50 bits per heavy atom. The highest BCUT2D eigenvalue weighted by atomic mass is 14.2. The summed E-state index contributed by atoms with van der Waals surface area (Å²) >= 11 is 0. The molecule has 0 aliphatic rings. The summed E-state index contributed by atoms with van der Waals surface area (Å²) in [6.07, 6.45) is 0. The van der Waals surface area contributed by atoms with Crippen LogP contribution in [0.3, 0.4) is 0 Å². The van der Waals surface area contributed by atoms with Gasteiger partial charge in [-0.05, 0) is 114 Å². The maximum Gasteiger partial charge on any atom is -0.00258 e. The van der Waals surface area contributed by atoms with Crippen LogP contribution in [0.5, 0.6) is 0 Å². The Bertz CT molecular complexity index is 2300. The molecule has 0 unspecified atom stereocenters. The van der Waals surface area contributed by atoms with E-state index in [0.29, 0.717) is 0 Å². The van der Waals surface area contributed by atoms with Gasteiger partial charge in [0.2, 0.25) is 0 Å². The van der Waals surface area contributed by atoms with Gasteiger partial charge in [-0.2, -0.15) is 0 Å². The highest BCUT2D eigenvalue weighted by Crippen LogP contribution is 2.46. The number of aryl methyl sites for hydroxylation is 2. The molecule has 0 heterocycles. The summed E-state index contributed by atoms with van der Waals surface area (Å²) in [6, 6.07) is 53.8. The summed E-state index contributed by atoms with van der Waals surface area (Å²) in [5.41, 5.74) is 10.2. The van der Waals surface area contributed by atoms with E-state index in [2.05, 4.69) is 159 Å². The van der Waals surface area contributed by atoms with Crippen molar-refractivity contribution in [2.75, 3.05) is 0 Å². The van der Waals surface area contributed by atoms with Crippen molar-refractivity contribution in [2.24, 2.45) is 0 Å². The lowest BCUT2D eigenvalue weighted by molar-refractivity contribution is 1.48. The molecule has 0 N–H and O–H groups in total. The van der Waals surface area contributed by atoms with Gasteiger partial charge in [0.05, 0.1) is 0 Å². The maximum atomic E-state index is 2.44. The first-order valence-corrected chi connectivity index (χ1v) is 14.7. The van der Waals surface area contributed by atoms with E-state index >= 15 is 0 Å². The number of benzene rings is 8. The first-order valence-electron chi connectivity index (χ1n) is 14.7. The zero-order valence-electron chi connectivity index (χ0n) is 23.9. The Morgan fingerprint density at radius 1 is 0.333 bits per heavy atom. The van der Waals surface area contributed by atoms with Crippen molar-refractivity contribution < 1.29 is 0 Å². The first kappa shape index (κ1) is 24.6. The van der Waals surface area contributed by atoms with Crippen molar-refractivity contribution in [1.82, 2.24) is 0 Å². The zero-order valence-corrected chi connectivity index (χ0v) is 23.9. The summed E-state index contributed by atoms with van der Waals surface area (Å²) in [5.74, 6) is 0. The van der Waals surface area contributed by atoms with Crippen LogP contribution in [0.1, 0.15) is 11.1 Å². The molecule has 42 heavy (non-hydrogen) atoms. The molecule has 8 aromatic carbocycles. The molecule has 0 aromatic heterocycles. The summed E-state index contributed by atoms with van der Waals surface area (Å²) in [6.45, 7) is 4.45. The zero-order chi connectivity index (χ0) is 28.2. The molecule has 0 spiro atoms. The van der Waals surface area contributed by atoms with E-state index in [1.54, 1.807) is 0 Å². The highest BCUT2D eigenvalue weighted by Gasteiger charge is 2.19. The maximum absolute atomic E-state index is 2.44. The van der Waals surface area contributed by atoms with E-state index in [0.717, 1.165) is 0 Å². The third kappa shape index (κ3) is 3.99. The summed E-state index contributed by atoms with van der Waals surface area (Å²) < 4.78 is 0. The normalized spacial score (nSPS) is 11.6. The minimum absolute atomic E-state index is 1.25. The van der Waals surface area contributed by atoms with Gasteiger partial charge in [0, 0.05) is 0 Å². The number of rotatable bonds is 3. The molecule has 0 aliphatic heterocycles. The standard InChI is InChI=1S/C42H30/c1-27-16-21-36-38(22-27)42(35-20-18-30-11-7-9-15-33(30)25-35)40-26-37(31-12-4-3-5-13-31)28(2)23-39(40)41(36)34-19-17-29-10-6-8-14-32(29)24-34/h3-26H,1-2H3. The van der Waals surface area contributed by atoms with Gasteiger partial charge in [-0.25, -0.2) is 0 Å². The lowest BCUT2D eigenvalue weighted by Gasteiger charge is -2.21. The van der Waals surface area contributed by atoms with Gasteiger partial charge in [0.15, 0.2) is 0 Å². The molecule has 0 amide bonds. The molecular weight excluding hydrogens is 504 g/mol. The van der Waals surface area contributed by atoms with Crippen LogP contribution in [-0.4, -0.2) is 0 Å². The van der Waals surface area contributed by atoms with Crippen molar-refractivity contribution in [3.8, 4) is 33.4 Å². The van der Waals surface area contributed by atoms with Crippen LogP contribution in [-0.2, 0) is 0 Å². The molecule has 0 saturated carbocycles. The van der Waals surface area contributed by atoms with Crippen LogP contribution in [0.4, 0.5) is 0 Å². The van der Waals surface area contributed by atoms with Gasteiger partial charge in [0.25, 0.3) is 0 Å². The Labute approximate surface area is 246 Å². The van der Waals surface area contributed by atoms with Crippen molar-refractivity contribution in [1.29, 1.82) is 0 Å². The molecule has 198 valence electrons. The van der Waals surface area contributed by atoms with Crippen molar-refractivity contribution in [3.05, 3.63) is 157 Å². The molecule has 0 saturated heterocycles. The molecule has 8 aromatic rings. The molecule has 0 heteroatoms. The minimum atomic E-state index is 1.25. The average molecular weight is 535 g/mol. The van der Waals surface area contributed by atoms with E-state index in [1.807, 2.05) is 0 Å². The first-order chi connectivity index (χ1) is 20.6. The average Bonchev–Trinajstić information content (AvgIpc) is 3.03. The SMILES string of the molecule is Cc1ccc2c(-c3ccc4ccccc4c3)c3cc(C)c(-c4ccccc4)cc3c(-c3ccc4ccccc4c3)c2c1. The smallest absolute Gasteiger partial charge is 0.00258 e. The summed E-state index contributed by atoms with van der Waals surface area (Å²) in [5, 5.41) is 10.2. The van der Waals surface area contributed by atoms with E-state index < -0.39 is 0 Å². The Balaban J connectivity index is 1.55. The predicted molar refractivity (Wildman–Crippen MR) is 182 cm³/mol. The fraction of sp³-hybridized carbons (Fsp3) is 0.0476. The summed E-state index contributed by atoms with van der Waals surface area (Å²) in [4.78, 5) is 0. The molecule has 0 fully saturated rings. The number of hydrogen-bond donors (Lipinski definition) is 0. The van der Waals surface area contributed by atoms with Crippen molar-refractivity contribution in [2.45, 2.75) is 13.8 Å². The molecule has 0 aliphatic carbocycles. The van der Waals surface area contributed by atoms with Crippen LogP contribution in [0.15, 0.2) is 146 Å². The number of fused-ring (bicyclic) bond motifs is 4. The second-order valence-corrected chi connectivity index (χ2v) is 11.5. The fourth-order valence-electron chi connectivity index (χ4n) is 6.74. The van der Waals surface area contributed by atoms with Gasteiger partial charge in [-0.3, -0.25) is 0 Å². The van der Waals surface area contributed by atoms with Gasteiger partial charge < -0.3 is 0 Å². The molecule has 0 radical (unpaired) electrons. The molecule has 0 bridgehead atoms. The Morgan fingerprint density at radius 2 is 0.857 bits per heavy atom. The van der Waals surface area contributed by atoms with Gasteiger partial charge in [-0.15, -0.1) is 0 Å². The van der Waals surface area contributed by atoms with E-state index in [4.69, 9.17) is 0 Å². The highest BCUT2D eigenvalue weighted by molar-refractivity contribution is 6.23. The lowest BCUT2D eigenvalue weighted by atomic mass is 9.82. The number of hydrogen-bond acceptors (Lipinski definition) is 0. The summed E-state index contributed by atoms with van der Waals surface area (Å²) in [7, 11) is 0. The Hall–Kier alpha value is -5.20. The predicted octanol–water partition coefficient (Wildman–Crippen LogP) is 11.9. The topological polar surface area (TPSA) is 0 Å². The van der Waals surface area contributed by atoms with Crippen LogP contribution in [0.2, 0.25) is 0 Å². The van der Waals surface area contributed by atoms with Gasteiger partial charge in [0.1, 0.15) is 0 Å². The monoisotopic (exact) mass is 534 g/mol. The minimum Gasteiger partial charge on any atom is -0.0622 e. The second-order valence-electron chi connectivity index (χ2n) is 11.5. The van der Waals surface area contributed by atoms with E-state index in [9.17, 15) is 0 Å². The third-order valence-electron chi connectivity index (χ3n) is 8.78. The van der Waals surface area contributed by atoms with Crippen LogP contribution < -0.4 is 0 Å². The quantitative estimate of drug-likeness (QED) is 0.198. The van der Waals surface area contributed by atoms with E-state index in [-0.39, 0.29) is 0 Å². The van der Waals surface area contributed by atoms with Gasteiger partial charge >= 0.3 is 0 Å². The third-order valence-corrected chi connectivity index (χ3v) is 8.78. The van der Waals surface area contributed by atoms with Crippen LogP contribution in [0.25, 0.3) is 76.5 Å². The molecule has 0 nitrogen and oxygen atoms in total. The largest absolute Gasteiger partial charge is 0.0622 e. The molecular formula is C42H30. The van der Waals surface area contributed by atoms with Crippen LogP contribution in [0, 0.1) is 13.8 Å². The molecule has 0 atom stereocenters. The van der Waals surface area contributed by atoms with Crippen LogP contribution >= 0.6 is 0 Å². The lowest BCUT2D eigenvalue weighted by Crippen LogP contribution is -1.94. The van der Waals surface area contributed by atoms with Gasteiger partial charge in [-0.1, -0.05) is 133 Å². The van der Waals surface area contributed by atoms with Crippen molar-refractivity contribution in [3.63, 3.8) is 0 Å². The second kappa shape index (κ2) is 9.72. The Kier molecular flexibility index (Phi) is 5.69. The fourth-order valence-corrected chi connectivity index (χ4v) is 6.74.